The first-order chi connectivity index (χ1) is 10.8. The van der Waals surface area contributed by atoms with Crippen molar-refractivity contribution in [3.63, 3.8) is 0 Å². The Morgan fingerprint density at radius 1 is 1.18 bits per heavy atom. The number of anilines is 1. The highest BCUT2D eigenvalue weighted by atomic mass is 32.1. The molecular formula is C18H21N3S. The summed E-state index contributed by atoms with van der Waals surface area (Å²) in [7, 11) is 0. The van der Waals surface area contributed by atoms with Crippen molar-refractivity contribution in [3.05, 3.63) is 46.5 Å². The normalized spacial score (nSPS) is 18.4. The van der Waals surface area contributed by atoms with Gasteiger partial charge in [-0.25, -0.2) is 0 Å². The molecule has 0 spiro atoms. The third-order valence-corrected chi connectivity index (χ3v) is 5.72. The summed E-state index contributed by atoms with van der Waals surface area (Å²) in [6.45, 7) is 4.19. The van der Waals surface area contributed by atoms with E-state index in [0.29, 0.717) is 5.92 Å². The van der Waals surface area contributed by atoms with Crippen LogP contribution in [-0.4, -0.2) is 23.3 Å². The fourth-order valence-corrected chi connectivity index (χ4v) is 3.96. The van der Waals surface area contributed by atoms with E-state index in [1.807, 2.05) is 0 Å². The molecule has 2 heterocycles. The van der Waals surface area contributed by atoms with Crippen molar-refractivity contribution in [2.45, 2.75) is 38.5 Å². The predicted octanol–water partition coefficient (Wildman–Crippen LogP) is 4.27. The SMILES string of the molecule is CCc1ccc(C2=CCN(c3nnc(C4CC4)s3)CC2)cc1. The van der Waals surface area contributed by atoms with Gasteiger partial charge < -0.3 is 4.90 Å². The molecule has 4 heteroatoms. The molecule has 0 amide bonds. The van der Waals surface area contributed by atoms with Crippen LogP contribution in [0.4, 0.5) is 5.13 Å². The Labute approximate surface area is 135 Å². The van der Waals surface area contributed by atoms with Gasteiger partial charge in [-0.1, -0.05) is 48.6 Å². The molecule has 3 nitrogen and oxygen atoms in total. The monoisotopic (exact) mass is 311 g/mol. The lowest BCUT2D eigenvalue weighted by Crippen LogP contribution is -2.28. The number of aryl methyl sites for hydroxylation is 1. The van der Waals surface area contributed by atoms with Gasteiger partial charge in [-0.2, -0.15) is 0 Å². The molecule has 1 saturated carbocycles. The molecule has 2 aromatic rings. The molecule has 0 saturated heterocycles. The lowest BCUT2D eigenvalue weighted by Gasteiger charge is -2.25. The minimum Gasteiger partial charge on any atom is -0.343 e. The Kier molecular flexibility index (Phi) is 3.70. The molecule has 4 rings (SSSR count). The zero-order valence-electron chi connectivity index (χ0n) is 13.0. The molecule has 0 unspecified atom stereocenters. The fourth-order valence-electron chi connectivity index (χ4n) is 2.91. The fraction of sp³-hybridized carbons (Fsp3) is 0.444. The molecule has 0 bridgehead atoms. The van der Waals surface area contributed by atoms with Gasteiger partial charge in [-0.15, -0.1) is 10.2 Å². The van der Waals surface area contributed by atoms with Gasteiger partial charge in [-0.05, 0) is 42.4 Å². The second-order valence-corrected chi connectivity index (χ2v) is 7.16. The summed E-state index contributed by atoms with van der Waals surface area (Å²) in [5, 5.41) is 11.1. The number of aromatic nitrogens is 2. The van der Waals surface area contributed by atoms with Gasteiger partial charge >= 0.3 is 0 Å². The molecule has 22 heavy (non-hydrogen) atoms. The maximum absolute atomic E-state index is 4.39. The van der Waals surface area contributed by atoms with E-state index in [0.717, 1.165) is 31.1 Å². The van der Waals surface area contributed by atoms with Crippen molar-refractivity contribution < 1.29 is 0 Å². The van der Waals surface area contributed by atoms with Crippen LogP contribution in [0.2, 0.25) is 0 Å². The lowest BCUT2D eigenvalue weighted by atomic mass is 9.98. The summed E-state index contributed by atoms with van der Waals surface area (Å²) in [5.41, 5.74) is 4.24. The van der Waals surface area contributed by atoms with Crippen LogP contribution in [0.25, 0.3) is 5.57 Å². The zero-order valence-corrected chi connectivity index (χ0v) is 13.8. The van der Waals surface area contributed by atoms with Gasteiger partial charge in [0.2, 0.25) is 5.13 Å². The van der Waals surface area contributed by atoms with Gasteiger partial charge in [0.25, 0.3) is 0 Å². The second kappa shape index (κ2) is 5.84. The summed E-state index contributed by atoms with van der Waals surface area (Å²) < 4.78 is 0. The Balaban J connectivity index is 1.46. The van der Waals surface area contributed by atoms with Crippen molar-refractivity contribution in [3.8, 4) is 0 Å². The second-order valence-electron chi connectivity index (χ2n) is 6.17. The molecule has 0 atom stereocenters. The van der Waals surface area contributed by atoms with E-state index >= 15 is 0 Å². The largest absolute Gasteiger partial charge is 0.343 e. The summed E-state index contributed by atoms with van der Waals surface area (Å²) >= 11 is 1.79. The van der Waals surface area contributed by atoms with Crippen LogP contribution < -0.4 is 4.90 Å². The van der Waals surface area contributed by atoms with Crippen LogP contribution in [0.1, 0.15) is 48.2 Å². The van der Waals surface area contributed by atoms with Crippen LogP contribution in [-0.2, 0) is 6.42 Å². The number of hydrogen-bond acceptors (Lipinski definition) is 4. The first-order valence-corrected chi connectivity index (χ1v) is 9.02. The zero-order chi connectivity index (χ0) is 14.9. The highest BCUT2D eigenvalue weighted by molar-refractivity contribution is 7.15. The Morgan fingerprint density at radius 2 is 2.00 bits per heavy atom. The quantitative estimate of drug-likeness (QED) is 0.844. The molecule has 1 aliphatic carbocycles. The first kappa shape index (κ1) is 13.9. The summed E-state index contributed by atoms with van der Waals surface area (Å²) in [6, 6.07) is 9.01. The van der Waals surface area contributed by atoms with Gasteiger partial charge in [0.05, 0.1) is 0 Å². The minimum atomic E-state index is 0.708. The number of hydrogen-bond donors (Lipinski definition) is 0. The predicted molar refractivity (Wildman–Crippen MR) is 92.5 cm³/mol. The molecule has 0 N–H and O–H groups in total. The van der Waals surface area contributed by atoms with Crippen LogP contribution in [0, 0.1) is 0 Å². The molecule has 1 aliphatic heterocycles. The number of rotatable bonds is 4. The van der Waals surface area contributed by atoms with E-state index in [1.165, 1.54) is 34.5 Å². The van der Waals surface area contributed by atoms with Crippen LogP contribution in [0.15, 0.2) is 30.3 Å². The van der Waals surface area contributed by atoms with Crippen molar-refractivity contribution in [1.82, 2.24) is 10.2 Å². The average molecular weight is 311 g/mol. The number of benzene rings is 1. The molecule has 2 aliphatic rings. The molecular weight excluding hydrogens is 290 g/mol. The summed E-state index contributed by atoms with van der Waals surface area (Å²) in [6.07, 6.45) is 7.14. The Hall–Kier alpha value is -1.68. The van der Waals surface area contributed by atoms with Gasteiger partial charge in [0, 0.05) is 19.0 Å². The Bertz CT molecular complexity index is 683. The Morgan fingerprint density at radius 3 is 2.64 bits per heavy atom. The lowest BCUT2D eigenvalue weighted by molar-refractivity contribution is 0.814. The average Bonchev–Trinajstić information content (AvgIpc) is 3.32. The van der Waals surface area contributed by atoms with E-state index in [2.05, 4.69) is 52.4 Å². The highest BCUT2D eigenvalue weighted by Gasteiger charge is 2.28. The molecule has 114 valence electrons. The van der Waals surface area contributed by atoms with Gasteiger partial charge in [0.15, 0.2) is 0 Å². The highest BCUT2D eigenvalue weighted by Crippen LogP contribution is 2.42. The molecule has 0 radical (unpaired) electrons. The van der Waals surface area contributed by atoms with E-state index in [-0.39, 0.29) is 0 Å². The van der Waals surface area contributed by atoms with Crippen LogP contribution in [0.3, 0.4) is 0 Å². The molecule has 1 aromatic carbocycles. The number of nitrogens with zero attached hydrogens (tertiary/aromatic N) is 3. The van der Waals surface area contributed by atoms with E-state index < -0.39 is 0 Å². The van der Waals surface area contributed by atoms with Crippen LogP contribution >= 0.6 is 11.3 Å². The van der Waals surface area contributed by atoms with E-state index in [9.17, 15) is 0 Å². The standard InChI is InChI=1S/C18H21N3S/c1-2-13-3-5-14(6-4-13)15-9-11-21(12-10-15)18-20-19-17(22-18)16-7-8-16/h3-6,9,16H,2,7-8,10-12H2,1H3. The van der Waals surface area contributed by atoms with E-state index in [1.54, 1.807) is 11.3 Å². The molecule has 1 aromatic heterocycles. The topological polar surface area (TPSA) is 29.0 Å². The summed E-state index contributed by atoms with van der Waals surface area (Å²) in [5.74, 6) is 0.708. The van der Waals surface area contributed by atoms with Crippen molar-refractivity contribution in [1.29, 1.82) is 0 Å². The first-order valence-electron chi connectivity index (χ1n) is 8.20. The third kappa shape index (κ3) is 2.80. The smallest absolute Gasteiger partial charge is 0.208 e. The van der Waals surface area contributed by atoms with Gasteiger partial charge in [-0.3, -0.25) is 0 Å². The van der Waals surface area contributed by atoms with Gasteiger partial charge in [0.1, 0.15) is 5.01 Å². The third-order valence-electron chi connectivity index (χ3n) is 4.57. The van der Waals surface area contributed by atoms with Crippen molar-refractivity contribution >= 4 is 22.0 Å². The van der Waals surface area contributed by atoms with Crippen molar-refractivity contribution in [2.24, 2.45) is 0 Å². The summed E-state index contributed by atoms with van der Waals surface area (Å²) in [4.78, 5) is 2.35. The van der Waals surface area contributed by atoms with Crippen molar-refractivity contribution in [2.75, 3.05) is 18.0 Å². The minimum absolute atomic E-state index is 0.708. The van der Waals surface area contributed by atoms with E-state index in [4.69, 9.17) is 0 Å². The maximum Gasteiger partial charge on any atom is 0.208 e. The van der Waals surface area contributed by atoms with Crippen LogP contribution in [0.5, 0.6) is 0 Å². The maximum atomic E-state index is 4.39. The molecule has 1 fully saturated rings.